The summed E-state index contributed by atoms with van der Waals surface area (Å²) in [5.74, 6) is -2.78. The van der Waals surface area contributed by atoms with Crippen molar-refractivity contribution in [2.75, 3.05) is 0 Å². The minimum atomic E-state index is -0.875. The van der Waals surface area contributed by atoms with Gasteiger partial charge in [-0.2, -0.15) is 0 Å². The van der Waals surface area contributed by atoms with Gasteiger partial charge in [0, 0.05) is 0 Å². The lowest BCUT2D eigenvalue weighted by atomic mass is 10.1. The van der Waals surface area contributed by atoms with Gasteiger partial charge in [0.25, 0.3) is 0 Å². The van der Waals surface area contributed by atoms with Gasteiger partial charge in [0.1, 0.15) is 0 Å². The van der Waals surface area contributed by atoms with Gasteiger partial charge in [-0.3, -0.25) is 4.79 Å². The Morgan fingerprint density at radius 3 is 2.67 bits per heavy atom. The number of carboxylic acid groups (broad SMARTS) is 1. The standard InChI is InChI=1S/C11H10F2O2/c12-9-2-1-6(4-10(9)13)3-7-5-8(7)11(14)15/h1-2,4,7-8H,3,5H2,(H,14,15)/t7-,8-/m1/s1. The molecule has 1 aromatic carbocycles. The van der Waals surface area contributed by atoms with Gasteiger partial charge in [-0.15, -0.1) is 0 Å². The van der Waals surface area contributed by atoms with Crippen LogP contribution >= 0.6 is 0 Å². The molecule has 1 aliphatic rings. The summed E-state index contributed by atoms with van der Waals surface area (Å²) in [6, 6.07) is 3.70. The zero-order chi connectivity index (χ0) is 11.0. The van der Waals surface area contributed by atoms with E-state index in [4.69, 9.17) is 5.11 Å². The van der Waals surface area contributed by atoms with Crippen LogP contribution in [0.3, 0.4) is 0 Å². The fourth-order valence-corrected chi connectivity index (χ4v) is 1.74. The first-order chi connectivity index (χ1) is 7.08. The third kappa shape index (κ3) is 2.14. The molecule has 15 heavy (non-hydrogen) atoms. The van der Waals surface area contributed by atoms with Crippen LogP contribution in [0, 0.1) is 23.5 Å². The molecule has 4 heteroatoms. The fraction of sp³-hybridized carbons (Fsp3) is 0.364. The maximum atomic E-state index is 12.8. The second-order valence-electron chi connectivity index (χ2n) is 3.89. The Bertz CT molecular complexity index is 404. The van der Waals surface area contributed by atoms with E-state index in [1.807, 2.05) is 0 Å². The van der Waals surface area contributed by atoms with E-state index in [9.17, 15) is 13.6 Å². The van der Waals surface area contributed by atoms with Crippen LogP contribution in [0.4, 0.5) is 8.78 Å². The molecule has 1 aromatic rings. The van der Waals surface area contributed by atoms with E-state index in [0.717, 1.165) is 12.1 Å². The minimum absolute atomic E-state index is 0.0763. The number of aliphatic carboxylic acids is 1. The molecule has 0 saturated heterocycles. The zero-order valence-corrected chi connectivity index (χ0v) is 7.91. The topological polar surface area (TPSA) is 37.3 Å². The van der Waals surface area contributed by atoms with Crippen molar-refractivity contribution < 1.29 is 18.7 Å². The molecule has 1 saturated carbocycles. The highest BCUT2D eigenvalue weighted by Gasteiger charge is 2.42. The Morgan fingerprint density at radius 1 is 1.40 bits per heavy atom. The zero-order valence-electron chi connectivity index (χ0n) is 7.91. The van der Waals surface area contributed by atoms with Crippen molar-refractivity contribution in [1.82, 2.24) is 0 Å². The Balaban J connectivity index is 2.01. The Hall–Kier alpha value is -1.45. The van der Waals surface area contributed by atoms with Crippen molar-refractivity contribution in [3.05, 3.63) is 35.4 Å². The SMILES string of the molecule is O=C(O)[C@@H]1C[C@H]1Cc1ccc(F)c(F)c1. The van der Waals surface area contributed by atoms with Crippen LogP contribution in [0.25, 0.3) is 0 Å². The first kappa shape index (κ1) is 10.1. The molecule has 1 N–H and O–H groups in total. The fourth-order valence-electron chi connectivity index (χ4n) is 1.74. The molecule has 2 rings (SSSR count). The molecule has 0 amide bonds. The van der Waals surface area contributed by atoms with Crippen LogP contribution in [0.2, 0.25) is 0 Å². The van der Waals surface area contributed by atoms with E-state index >= 15 is 0 Å². The Morgan fingerprint density at radius 2 is 2.13 bits per heavy atom. The van der Waals surface area contributed by atoms with E-state index in [1.165, 1.54) is 6.07 Å². The number of benzene rings is 1. The highest BCUT2D eigenvalue weighted by molar-refractivity contribution is 5.73. The molecule has 0 radical (unpaired) electrons. The molecule has 0 heterocycles. The lowest BCUT2D eigenvalue weighted by molar-refractivity contribution is -0.138. The smallest absolute Gasteiger partial charge is 0.306 e. The van der Waals surface area contributed by atoms with Gasteiger partial charge in [-0.05, 0) is 36.5 Å². The Kier molecular flexibility index (Phi) is 2.42. The number of hydrogen-bond donors (Lipinski definition) is 1. The van der Waals surface area contributed by atoms with E-state index < -0.39 is 17.6 Å². The van der Waals surface area contributed by atoms with E-state index in [0.29, 0.717) is 18.4 Å². The molecule has 0 bridgehead atoms. The molecular weight excluding hydrogens is 202 g/mol. The molecule has 0 spiro atoms. The predicted octanol–water partition coefficient (Wildman–Crippen LogP) is 2.23. The maximum absolute atomic E-state index is 12.8. The van der Waals surface area contributed by atoms with Crippen LogP contribution < -0.4 is 0 Å². The van der Waals surface area contributed by atoms with Gasteiger partial charge in [-0.25, -0.2) is 8.78 Å². The van der Waals surface area contributed by atoms with Gasteiger partial charge in [-0.1, -0.05) is 6.07 Å². The maximum Gasteiger partial charge on any atom is 0.306 e. The lowest BCUT2D eigenvalue weighted by Gasteiger charge is -2.00. The van der Waals surface area contributed by atoms with Crippen molar-refractivity contribution in [2.24, 2.45) is 11.8 Å². The third-order valence-corrected chi connectivity index (χ3v) is 2.72. The van der Waals surface area contributed by atoms with Gasteiger partial charge in [0.05, 0.1) is 5.92 Å². The highest BCUT2D eigenvalue weighted by Crippen LogP contribution is 2.41. The summed E-state index contributed by atoms with van der Waals surface area (Å²) in [6.45, 7) is 0. The van der Waals surface area contributed by atoms with E-state index in [-0.39, 0.29) is 11.8 Å². The van der Waals surface area contributed by atoms with Crippen LogP contribution in [0.1, 0.15) is 12.0 Å². The monoisotopic (exact) mass is 212 g/mol. The van der Waals surface area contributed by atoms with Crippen molar-refractivity contribution in [1.29, 1.82) is 0 Å². The second kappa shape index (κ2) is 3.61. The third-order valence-electron chi connectivity index (χ3n) is 2.72. The molecule has 2 atom stereocenters. The van der Waals surface area contributed by atoms with Crippen molar-refractivity contribution >= 4 is 5.97 Å². The molecule has 0 aromatic heterocycles. The molecular formula is C11H10F2O2. The second-order valence-corrected chi connectivity index (χ2v) is 3.89. The molecule has 1 aliphatic carbocycles. The highest BCUT2D eigenvalue weighted by atomic mass is 19.2. The Labute approximate surface area is 85.5 Å². The minimum Gasteiger partial charge on any atom is -0.481 e. The van der Waals surface area contributed by atoms with Gasteiger partial charge in [0.15, 0.2) is 11.6 Å². The molecule has 80 valence electrons. The number of halogens is 2. The number of hydrogen-bond acceptors (Lipinski definition) is 1. The largest absolute Gasteiger partial charge is 0.481 e. The van der Waals surface area contributed by atoms with E-state index in [2.05, 4.69) is 0 Å². The summed E-state index contributed by atoms with van der Waals surface area (Å²) in [6.07, 6.45) is 1.14. The average molecular weight is 212 g/mol. The van der Waals surface area contributed by atoms with E-state index in [1.54, 1.807) is 0 Å². The first-order valence-corrected chi connectivity index (χ1v) is 4.74. The molecule has 0 unspecified atom stereocenters. The first-order valence-electron chi connectivity index (χ1n) is 4.74. The summed E-state index contributed by atoms with van der Waals surface area (Å²) in [5, 5.41) is 8.67. The molecule has 0 aliphatic heterocycles. The van der Waals surface area contributed by atoms with Crippen LogP contribution in [-0.4, -0.2) is 11.1 Å². The average Bonchev–Trinajstić information content (AvgIpc) is 2.91. The number of carbonyl (C=O) groups is 1. The van der Waals surface area contributed by atoms with Crippen LogP contribution in [0.5, 0.6) is 0 Å². The summed E-state index contributed by atoms with van der Waals surface area (Å²) < 4.78 is 25.4. The molecule has 1 fully saturated rings. The quantitative estimate of drug-likeness (QED) is 0.834. The van der Waals surface area contributed by atoms with Crippen LogP contribution in [-0.2, 0) is 11.2 Å². The normalized spacial score (nSPS) is 23.9. The summed E-state index contributed by atoms with van der Waals surface area (Å²) in [5.41, 5.74) is 0.655. The van der Waals surface area contributed by atoms with Gasteiger partial charge < -0.3 is 5.11 Å². The van der Waals surface area contributed by atoms with Gasteiger partial charge >= 0.3 is 5.97 Å². The number of carboxylic acids is 1. The predicted molar refractivity (Wildman–Crippen MR) is 49.3 cm³/mol. The lowest BCUT2D eigenvalue weighted by Crippen LogP contribution is -2.01. The van der Waals surface area contributed by atoms with Crippen molar-refractivity contribution in [3.63, 3.8) is 0 Å². The summed E-state index contributed by atoms with van der Waals surface area (Å²) in [7, 11) is 0. The summed E-state index contributed by atoms with van der Waals surface area (Å²) in [4.78, 5) is 10.5. The number of rotatable bonds is 3. The molecule has 2 nitrogen and oxygen atoms in total. The van der Waals surface area contributed by atoms with Gasteiger partial charge in [0.2, 0.25) is 0 Å². The summed E-state index contributed by atoms with van der Waals surface area (Å²) >= 11 is 0. The van der Waals surface area contributed by atoms with Crippen molar-refractivity contribution in [3.8, 4) is 0 Å². The van der Waals surface area contributed by atoms with Crippen LogP contribution in [0.15, 0.2) is 18.2 Å². The van der Waals surface area contributed by atoms with Crippen molar-refractivity contribution in [2.45, 2.75) is 12.8 Å².